The number of aliphatic hydroxyl groups excluding tert-OH is 1. The van der Waals surface area contributed by atoms with Gasteiger partial charge in [0.15, 0.2) is 6.10 Å². The average Bonchev–Trinajstić information content (AvgIpc) is 2.56. The third-order valence-corrected chi connectivity index (χ3v) is 3.46. The van der Waals surface area contributed by atoms with Crippen LogP contribution >= 0.6 is 0 Å². The first-order chi connectivity index (χ1) is 11.2. The highest BCUT2D eigenvalue weighted by Gasteiger charge is 2.19. The van der Waals surface area contributed by atoms with E-state index in [4.69, 9.17) is 4.74 Å². The predicted molar refractivity (Wildman–Crippen MR) is 90.0 cm³/mol. The van der Waals surface area contributed by atoms with Gasteiger partial charge < -0.3 is 9.84 Å². The van der Waals surface area contributed by atoms with E-state index in [0.717, 1.165) is 31.2 Å². The third-order valence-electron chi connectivity index (χ3n) is 3.46. The van der Waals surface area contributed by atoms with Crippen molar-refractivity contribution in [2.75, 3.05) is 6.61 Å². The highest BCUT2D eigenvalue weighted by atomic mass is 16.5. The van der Waals surface area contributed by atoms with E-state index >= 15 is 0 Å². The van der Waals surface area contributed by atoms with E-state index in [-0.39, 0.29) is 6.61 Å². The number of carbonyl (C=O) groups excluding carboxylic acids is 1. The highest BCUT2D eigenvalue weighted by molar-refractivity contribution is 5.76. The molecule has 1 aliphatic rings. The molecule has 0 amide bonds. The zero-order valence-corrected chi connectivity index (χ0v) is 13.3. The molecule has 0 fully saturated rings. The van der Waals surface area contributed by atoms with Gasteiger partial charge in [-0.2, -0.15) is 0 Å². The minimum Gasteiger partial charge on any atom is -0.444 e. The van der Waals surface area contributed by atoms with Crippen molar-refractivity contribution in [1.29, 1.82) is 0 Å². The minimum absolute atomic E-state index is 0.187. The van der Waals surface area contributed by atoms with Gasteiger partial charge in [-0.3, -0.25) is 4.79 Å². The summed E-state index contributed by atoms with van der Waals surface area (Å²) in [4.78, 5) is 11.4. The second-order valence-corrected chi connectivity index (χ2v) is 5.24. The number of carbonyl (C=O) groups is 1. The molecule has 118 valence electrons. The van der Waals surface area contributed by atoms with Crippen molar-refractivity contribution in [3.8, 4) is 23.7 Å². The van der Waals surface area contributed by atoms with Crippen LogP contribution in [0.25, 0.3) is 5.57 Å². The number of aliphatic hydroxyl groups is 1. The monoisotopic (exact) mass is 308 g/mol. The van der Waals surface area contributed by atoms with Crippen molar-refractivity contribution in [3.05, 3.63) is 41.5 Å². The Kier molecular flexibility index (Phi) is 6.48. The molecule has 1 aromatic carbocycles. The van der Waals surface area contributed by atoms with Gasteiger partial charge in [0.25, 0.3) is 0 Å². The number of esters is 1. The lowest BCUT2D eigenvalue weighted by atomic mass is 9.96. The summed E-state index contributed by atoms with van der Waals surface area (Å²) >= 11 is 0. The summed E-state index contributed by atoms with van der Waals surface area (Å²) in [7, 11) is 0. The molecule has 0 radical (unpaired) electrons. The number of hydrogen-bond acceptors (Lipinski definition) is 3. The van der Waals surface area contributed by atoms with Crippen LogP contribution in [0.5, 0.6) is 0 Å². The van der Waals surface area contributed by atoms with Crippen LogP contribution in [0.2, 0.25) is 0 Å². The molecule has 0 saturated carbocycles. The molecule has 1 aromatic rings. The van der Waals surface area contributed by atoms with Crippen molar-refractivity contribution in [1.82, 2.24) is 0 Å². The molecule has 0 bridgehead atoms. The minimum atomic E-state index is -0.736. The van der Waals surface area contributed by atoms with Crippen LogP contribution in [0.3, 0.4) is 0 Å². The number of benzene rings is 1. The average molecular weight is 308 g/mol. The van der Waals surface area contributed by atoms with Crippen LogP contribution in [-0.4, -0.2) is 23.8 Å². The quantitative estimate of drug-likeness (QED) is 0.690. The van der Waals surface area contributed by atoms with Gasteiger partial charge in [-0.25, -0.2) is 0 Å². The molecule has 1 aliphatic carbocycles. The van der Waals surface area contributed by atoms with Crippen molar-refractivity contribution in [2.24, 2.45) is 0 Å². The standard InChI is InChI=1S/C20H20O3/c1-16(22)23-20-14-10-5-3-2-4-9-13-18(20)19(15-21)17-11-7-6-8-12-17/h6-8,11-12,20-21H,2-5,15H2,1H3/b19-18-. The lowest BCUT2D eigenvalue weighted by molar-refractivity contribution is -0.142. The molecule has 0 aromatic heterocycles. The fourth-order valence-corrected chi connectivity index (χ4v) is 2.35. The molecule has 2 rings (SSSR count). The molecule has 1 atom stereocenters. The maximum absolute atomic E-state index is 11.4. The molecule has 0 heterocycles. The number of rotatable bonds is 3. The van der Waals surface area contributed by atoms with Crippen molar-refractivity contribution in [2.45, 2.75) is 38.7 Å². The third kappa shape index (κ3) is 5.02. The van der Waals surface area contributed by atoms with E-state index in [1.54, 1.807) is 0 Å². The Morgan fingerprint density at radius 3 is 2.57 bits per heavy atom. The predicted octanol–water partition coefficient (Wildman–Crippen LogP) is 2.95. The number of hydrogen-bond donors (Lipinski definition) is 1. The molecule has 0 spiro atoms. The van der Waals surface area contributed by atoms with Gasteiger partial charge in [0.1, 0.15) is 0 Å². The first-order valence-electron chi connectivity index (χ1n) is 7.76. The van der Waals surface area contributed by atoms with E-state index in [0.29, 0.717) is 11.1 Å². The number of ether oxygens (including phenoxy) is 1. The molecule has 0 saturated heterocycles. The first kappa shape index (κ1) is 16.9. The first-order valence-corrected chi connectivity index (χ1v) is 7.76. The summed E-state index contributed by atoms with van der Waals surface area (Å²) in [5.41, 5.74) is 2.08. The lowest BCUT2D eigenvalue weighted by Gasteiger charge is -2.16. The molecular weight excluding hydrogens is 288 g/mol. The maximum atomic E-state index is 11.4. The SMILES string of the molecule is CC(=O)OC1C#CCCCCC#C/C1=C(\CO)c1ccccc1. The van der Waals surface area contributed by atoms with Crippen LogP contribution in [0.15, 0.2) is 35.9 Å². The van der Waals surface area contributed by atoms with Crippen LogP contribution < -0.4 is 0 Å². The fraction of sp³-hybridized carbons (Fsp3) is 0.350. The Balaban J connectivity index is 2.55. The summed E-state index contributed by atoms with van der Waals surface area (Å²) in [5, 5.41) is 9.86. The summed E-state index contributed by atoms with van der Waals surface area (Å²) in [6, 6.07) is 9.50. The van der Waals surface area contributed by atoms with E-state index in [1.807, 2.05) is 30.3 Å². The van der Waals surface area contributed by atoms with Gasteiger partial charge in [-0.15, -0.1) is 0 Å². The fourth-order valence-electron chi connectivity index (χ4n) is 2.35. The largest absolute Gasteiger partial charge is 0.444 e. The summed E-state index contributed by atoms with van der Waals surface area (Å²) in [5.74, 6) is 11.8. The van der Waals surface area contributed by atoms with Gasteiger partial charge in [-0.05, 0) is 18.4 Å². The molecule has 1 N–H and O–H groups in total. The van der Waals surface area contributed by atoms with Gasteiger partial charge in [-0.1, -0.05) is 54.0 Å². The Morgan fingerprint density at radius 1 is 1.22 bits per heavy atom. The normalized spacial score (nSPS) is 19.5. The van der Waals surface area contributed by atoms with Gasteiger partial charge >= 0.3 is 5.97 Å². The van der Waals surface area contributed by atoms with E-state index in [9.17, 15) is 9.90 Å². The Labute approximate surface area is 137 Å². The molecule has 1 unspecified atom stereocenters. The van der Waals surface area contributed by atoms with Gasteiger partial charge in [0.2, 0.25) is 0 Å². The van der Waals surface area contributed by atoms with Crippen LogP contribution in [0.4, 0.5) is 0 Å². The summed E-state index contributed by atoms with van der Waals surface area (Å²) < 4.78 is 5.36. The maximum Gasteiger partial charge on any atom is 0.304 e. The summed E-state index contributed by atoms with van der Waals surface area (Å²) in [6.45, 7) is 1.17. The molecule has 3 nitrogen and oxygen atoms in total. The molecule has 3 heteroatoms. The molecule has 23 heavy (non-hydrogen) atoms. The van der Waals surface area contributed by atoms with Crippen molar-refractivity contribution in [3.63, 3.8) is 0 Å². The van der Waals surface area contributed by atoms with Crippen molar-refractivity contribution >= 4 is 11.5 Å². The van der Waals surface area contributed by atoms with Crippen LogP contribution in [0, 0.1) is 23.7 Å². The van der Waals surface area contributed by atoms with E-state index in [2.05, 4.69) is 23.7 Å². The Bertz CT molecular complexity index is 693. The topological polar surface area (TPSA) is 46.5 Å². The van der Waals surface area contributed by atoms with E-state index < -0.39 is 12.1 Å². The van der Waals surface area contributed by atoms with Crippen LogP contribution in [-0.2, 0) is 9.53 Å². The zero-order valence-electron chi connectivity index (χ0n) is 13.3. The lowest BCUT2D eigenvalue weighted by Crippen LogP contribution is -2.19. The van der Waals surface area contributed by atoms with Gasteiger partial charge in [0.05, 0.1) is 12.2 Å². The smallest absolute Gasteiger partial charge is 0.304 e. The second-order valence-electron chi connectivity index (χ2n) is 5.24. The molecule has 0 aliphatic heterocycles. The van der Waals surface area contributed by atoms with E-state index in [1.165, 1.54) is 6.92 Å². The Hall–Kier alpha value is -2.49. The van der Waals surface area contributed by atoms with Crippen LogP contribution in [0.1, 0.15) is 38.2 Å². The summed E-state index contributed by atoms with van der Waals surface area (Å²) in [6.07, 6.45) is 2.77. The molecular formula is C20H20O3. The highest BCUT2D eigenvalue weighted by Crippen LogP contribution is 2.22. The van der Waals surface area contributed by atoms with Gasteiger partial charge in [0, 0.05) is 25.3 Å². The Morgan fingerprint density at radius 2 is 1.91 bits per heavy atom. The zero-order chi connectivity index (χ0) is 16.5. The van der Waals surface area contributed by atoms with Crippen molar-refractivity contribution < 1.29 is 14.6 Å². The second kappa shape index (κ2) is 8.83.